The molecular weight excluding hydrogens is 442 g/mol. The first-order valence-corrected chi connectivity index (χ1v) is 13.2. The molecule has 2 aliphatic rings. The van der Waals surface area contributed by atoms with Crippen LogP contribution in [0, 0.1) is 6.92 Å². The number of amides is 2. The number of fused-ring (bicyclic) bond motifs is 1. The zero-order valence-electron chi connectivity index (χ0n) is 19.3. The maximum Gasteiger partial charge on any atom is 0.332 e. The zero-order valence-corrected chi connectivity index (χ0v) is 20.1. The van der Waals surface area contributed by atoms with Crippen LogP contribution in [0.4, 0.5) is 10.5 Å². The van der Waals surface area contributed by atoms with Crippen LogP contribution in [0.15, 0.2) is 24.4 Å². The van der Waals surface area contributed by atoms with Gasteiger partial charge in [0.1, 0.15) is 6.10 Å². The molecular formula is C24H31N3O5S. The van der Waals surface area contributed by atoms with E-state index in [1.54, 1.807) is 13.3 Å². The number of anilines is 1. The zero-order chi connectivity index (χ0) is 23.6. The van der Waals surface area contributed by atoms with Gasteiger partial charge in [0, 0.05) is 24.9 Å². The van der Waals surface area contributed by atoms with E-state index in [1.165, 1.54) is 5.56 Å². The first-order valence-electron chi connectivity index (χ1n) is 11.3. The number of aryl methyl sites for hydroxylation is 2. The van der Waals surface area contributed by atoms with Gasteiger partial charge in [0.25, 0.3) is 0 Å². The van der Waals surface area contributed by atoms with Crippen molar-refractivity contribution in [1.82, 2.24) is 9.71 Å². The lowest BCUT2D eigenvalue weighted by atomic mass is 9.93. The van der Waals surface area contributed by atoms with Gasteiger partial charge < -0.3 is 14.8 Å². The second kappa shape index (κ2) is 9.69. The molecule has 1 saturated carbocycles. The Morgan fingerprint density at radius 2 is 1.85 bits per heavy atom. The Morgan fingerprint density at radius 3 is 2.55 bits per heavy atom. The molecule has 8 nitrogen and oxygen atoms in total. The molecule has 0 radical (unpaired) electrons. The highest BCUT2D eigenvalue weighted by molar-refractivity contribution is 7.89. The van der Waals surface area contributed by atoms with Crippen molar-refractivity contribution in [2.45, 2.75) is 64.1 Å². The quantitative estimate of drug-likeness (QED) is 0.658. The molecule has 0 saturated heterocycles. The Labute approximate surface area is 195 Å². The summed E-state index contributed by atoms with van der Waals surface area (Å²) in [6.07, 6.45) is 9.59. The number of carbonyl (C=O) groups excluding carboxylic acids is 1. The first kappa shape index (κ1) is 23.5. The van der Waals surface area contributed by atoms with Gasteiger partial charge in [-0.2, -0.15) is 0 Å². The maximum absolute atomic E-state index is 12.5. The lowest BCUT2D eigenvalue weighted by Gasteiger charge is -2.27. The van der Waals surface area contributed by atoms with E-state index in [0.29, 0.717) is 17.7 Å². The standard InChI is InChI=1S/C24H31N3O5S/c1-15-13-16-5-4-6-20(16)23(26-24(28)27-33(3,29)30)22(15)17-11-12-25-21(14-17)32-19-9-7-18(31-2)8-10-19/h11-14,18-19H,4-10H2,1-3H3,(H2,26,27,28)/t18-,19-. The van der Waals surface area contributed by atoms with Gasteiger partial charge in [-0.05, 0) is 80.2 Å². The Bertz CT molecular complexity index is 1140. The lowest BCUT2D eigenvalue weighted by molar-refractivity contribution is 0.0314. The van der Waals surface area contributed by atoms with E-state index in [0.717, 1.165) is 73.5 Å². The normalized spacial score (nSPS) is 20.2. The van der Waals surface area contributed by atoms with E-state index < -0.39 is 16.1 Å². The van der Waals surface area contributed by atoms with Crippen LogP contribution in [-0.4, -0.2) is 45.0 Å². The van der Waals surface area contributed by atoms with E-state index in [2.05, 4.69) is 16.4 Å². The molecule has 1 aromatic carbocycles. The number of urea groups is 1. The predicted molar refractivity (Wildman–Crippen MR) is 127 cm³/mol. The van der Waals surface area contributed by atoms with E-state index in [-0.39, 0.29) is 6.10 Å². The summed E-state index contributed by atoms with van der Waals surface area (Å²) >= 11 is 0. The van der Waals surface area contributed by atoms with Crippen molar-refractivity contribution in [3.8, 4) is 17.0 Å². The monoisotopic (exact) mass is 473 g/mol. The van der Waals surface area contributed by atoms with Crippen LogP contribution in [0.25, 0.3) is 11.1 Å². The maximum atomic E-state index is 12.5. The minimum Gasteiger partial charge on any atom is -0.474 e. The highest BCUT2D eigenvalue weighted by Crippen LogP contribution is 2.41. The summed E-state index contributed by atoms with van der Waals surface area (Å²) in [6.45, 7) is 2.00. The van der Waals surface area contributed by atoms with Crippen molar-refractivity contribution in [1.29, 1.82) is 0 Å². The van der Waals surface area contributed by atoms with Crippen molar-refractivity contribution in [2.24, 2.45) is 0 Å². The molecule has 2 aliphatic carbocycles. The number of sulfonamides is 1. The first-order chi connectivity index (χ1) is 15.7. The summed E-state index contributed by atoms with van der Waals surface area (Å²) < 4.78 is 36.7. The summed E-state index contributed by atoms with van der Waals surface area (Å²) in [6, 6.07) is 5.17. The number of nitrogens with one attached hydrogen (secondary N) is 2. The van der Waals surface area contributed by atoms with Gasteiger partial charge in [-0.3, -0.25) is 0 Å². The van der Waals surface area contributed by atoms with Gasteiger partial charge in [-0.1, -0.05) is 6.07 Å². The summed E-state index contributed by atoms with van der Waals surface area (Å²) in [5, 5.41) is 2.81. The summed E-state index contributed by atoms with van der Waals surface area (Å²) in [4.78, 5) is 16.9. The van der Waals surface area contributed by atoms with E-state index >= 15 is 0 Å². The molecule has 1 heterocycles. The molecule has 2 amide bonds. The number of ether oxygens (including phenoxy) is 2. The molecule has 9 heteroatoms. The number of hydrogen-bond acceptors (Lipinski definition) is 6. The van der Waals surface area contributed by atoms with Crippen molar-refractivity contribution in [3.05, 3.63) is 41.1 Å². The molecule has 0 aliphatic heterocycles. The molecule has 0 atom stereocenters. The summed E-state index contributed by atoms with van der Waals surface area (Å²) in [5.74, 6) is 0.541. The van der Waals surface area contributed by atoms with Crippen LogP contribution < -0.4 is 14.8 Å². The number of methoxy groups -OCH3 is 1. The van der Waals surface area contributed by atoms with E-state index in [9.17, 15) is 13.2 Å². The van der Waals surface area contributed by atoms with Crippen LogP contribution in [0.5, 0.6) is 5.88 Å². The minimum absolute atomic E-state index is 0.0957. The largest absolute Gasteiger partial charge is 0.474 e. The molecule has 178 valence electrons. The Hall–Kier alpha value is -2.65. The van der Waals surface area contributed by atoms with Gasteiger partial charge >= 0.3 is 6.03 Å². The van der Waals surface area contributed by atoms with Crippen molar-refractivity contribution >= 4 is 21.7 Å². The number of hydrogen-bond donors (Lipinski definition) is 2. The van der Waals surface area contributed by atoms with Crippen LogP contribution in [0.3, 0.4) is 0 Å². The third-order valence-corrected chi connectivity index (χ3v) is 6.94. The number of rotatable bonds is 6. The molecule has 0 unspecified atom stereocenters. The number of benzene rings is 1. The van der Waals surface area contributed by atoms with E-state index in [4.69, 9.17) is 9.47 Å². The van der Waals surface area contributed by atoms with Gasteiger partial charge in [0.05, 0.1) is 18.0 Å². The van der Waals surface area contributed by atoms with E-state index in [1.807, 2.05) is 23.8 Å². The van der Waals surface area contributed by atoms with Crippen molar-refractivity contribution in [2.75, 3.05) is 18.7 Å². The SMILES string of the molecule is CO[C@H]1CC[C@H](Oc2cc(-c3c(C)cc4c(c3NC(=O)NS(C)(=O)=O)CCC4)ccn2)CC1. The molecule has 4 rings (SSSR count). The fourth-order valence-electron chi connectivity index (χ4n) is 4.90. The third-order valence-electron chi connectivity index (χ3n) is 6.38. The Morgan fingerprint density at radius 1 is 1.12 bits per heavy atom. The van der Waals surface area contributed by atoms with Crippen LogP contribution in [0.2, 0.25) is 0 Å². The smallest absolute Gasteiger partial charge is 0.332 e. The number of nitrogens with zero attached hydrogens (tertiary/aromatic N) is 1. The van der Waals surface area contributed by atoms with Crippen LogP contribution in [-0.2, 0) is 27.6 Å². The second-order valence-electron chi connectivity index (χ2n) is 8.90. The molecule has 1 fully saturated rings. The summed E-state index contributed by atoms with van der Waals surface area (Å²) in [5.41, 5.74) is 5.62. The average Bonchev–Trinajstić information content (AvgIpc) is 3.21. The van der Waals surface area contributed by atoms with Gasteiger partial charge in [-0.15, -0.1) is 0 Å². The Kier molecular flexibility index (Phi) is 6.90. The van der Waals surface area contributed by atoms with Gasteiger partial charge in [-0.25, -0.2) is 22.9 Å². The summed E-state index contributed by atoms with van der Waals surface area (Å²) in [7, 11) is -1.93. The molecule has 33 heavy (non-hydrogen) atoms. The number of aromatic nitrogens is 1. The van der Waals surface area contributed by atoms with Crippen LogP contribution >= 0.6 is 0 Å². The number of carbonyl (C=O) groups is 1. The topological polar surface area (TPSA) is 107 Å². The third kappa shape index (κ3) is 5.65. The van der Waals surface area contributed by atoms with Gasteiger partial charge in [0.2, 0.25) is 15.9 Å². The molecule has 2 N–H and O–H groups in total. The van der Waals surface area contributed by atoms with Crippen LogP contribution in [0.1, 0.15) is 48.8 Å². The van der Waals surface area contributed by atoms with Crippen molar-refractivity contribution in [3.63, 3.8) is 0 Å². The molecule has 0 bridgehead atoms. The second-order valence-corrected chi connectivity index (χ2v) is 10.6. The van der Waals surface area contributed by atoms with Crippen molar-refractivity contribution < 1.29 is 22.7 Å². The predicted octanol–water partition coefficient (Wildman–Crippen LogP) is 3.96. The number of pyridine rings is 1. The average molecular weight is 474 g/mol. The highest BCUT2D eigenvalue weighted by atomic mass is 32.2. The molecule has 0 spiro atoms. The highest BCUT2D eigenvalue weighted by Gasteiger charge is 2.25. The molecule has 1 aromatic heterocycles. The fourth-order valence-corrected chi connectivity index (χ4v) is 5.28. The molecule has 2 aromatic rings. The lowest BCUT2D eigenvalue weighted by Crippen LogP contribution is -2.34. The Balaban J connectivity index is 1.64. The fraction of sp³-hybridized carbons (Fsp3) is 0.500. The minimum atomic E-state index is -3.68. The van der Waals surface area contributed by atoms with Gasteiger partial charge in [0.15, 0.2) is 0 Å².